The molecule has 0 bridgehead atoms. The zero-order valence-corrected chi connectivity index (χ0v) is 8.94. The highest BCUT2D eigenvalue weighted by atomic mass is 19.3. The van der Waals surface area contributed by atoms with Gasteiger partial charge in [0, 0.05) is 5.92 Å². The van der Waals surface area contributed by atoms with E-state index in [4.69, 9.17) is 5.11 Å². The van der Waals surface area contributed by atoms with Crippen molar-refractivity contribution < 1.29 is 18.7 Å². The molecule has 0 aliphatic carbocycles. The van der Waals surface area contributed by atoms with Crippen molar-refractivity contribution in [2.24, 2.45) is 5.92 Å². The molecule has 1 N–H and O–H groups in total. The van der Waals surface area contributed by atoms with Crippen LogP contribution in [0.3, 0.4) is 0 Å². The smallest absolute Gasteiger partial charge is 0.310 e. The summed E-state index contributed by atoms with van der Waals surface area (Å²) in [6.45, 7) is 1.36. The van der Waals surface area contributed by atoms with Crippen LogP contribution < -0.4 is 0 Å². The molecule has 0 saturated carbocycles. The van der Waals surface area contributed by atoms with Crippen molar-refractivity contribution in [3.05, 3.63) is 35.9 Å². The summed E-state index contributed by atoms with van der Waals surface area (Å²) in [4.78, 5) is 11.0. The maximum absolute atomic E-state index is 12.4. The first-order valence-corrected chi connectivity index (χ1v) is 5.08. The van der Waals surface area contributed by atoms with Crippen LogP contribution in [0.5, 0.6) is 0 Å². The number of alkyl halides is 2. The Kier molecular flexibility index (Phi) is 4.40. The minimum absolute atomic E-state index is 0.0446. The Bertz CT molecular complexity index is 338. The molecule has 0 aliphatic heterocycles. The number of aliphatic carboxylic acids is 1. The molecule has 0 aromatic heterocycles. The molecule has 0 saturated heterocycles. The lowest BCUT2D eigenvalue weighted by molar-refractivity contribution is -0.139. The predicted molar refractivity (Wildman–Crippen MR) is 56.6 cm³/mol. The summed E-state index contributed by atoms with van der Waals surface area (Å²) in [5, 5.41) is 9.01. The third-order valence-corrected chi connectivity index (χ3v) is 2.54. The quantitative estimate of drug-likeness (QED) is 0.840. The summed E-state index contributed by atoms with van der Waals surface area (Å²) in [5.74, 6) is -2.83. The highest BCUT2D eigenvalue weighted by molar-refractivity contribution is 5.76. The largest absolute Gasteiger partial charge is 0.481 e. The highest BCUT2D eigenvalue weighted by Crippen LogP contribution is 2.27. The molecule has 4 heteroatoms. The van der Waals surface area contributed by atoms with E-state index in [-0.39, 0.29) is 6.42 Å². The van der Waals surface area contributed by atoms with Gasteiger partial charge in [-0.2, -0.15) is 0 Å². The van der Waals surface area contributed by atoms with Crippen molar-refractivity contribution in [1.29, 1.82) is 0 Å². The number of benzene rings is 1. The Morgan fingerprint density at radius 1 is 1.31 bits per heavy atom. The van der Waals surface area contributed by atoms with Crippen LogP contribution in [0.1, 0.15) is 24.8 Å². The lowest BCUT2D eigenvalue weighted by atomic mass is 9.90. The van der Waals surface area contributed by atoms with Gasteiger partial charge in [0.1, 0.15) is 0 Å². The van der Waals surface area contributed by atoms with Gasteiger partial charge in [0.25, 0.3) is 0 Å². The predicted octanol–water partition coefficient (Wildman–Crippen LogP) is 3.15. The van der Waals surface area contributed by atoms with Crippen molar-refractivity contribution in [2.45, 2.75) is 25.7 Å². The average Bonchev–Trinajstić information content (AvgIpc) is 2.26. The number of halogens is 2. The fourth-order valence-electron chi connectivity index (χ4n) is 1.54. The van der Waals surface area contributed by atoms with E-state index in [1.807, 2.05) is 0 Å². The Morgan fingerprint density at radius 2 is 1.88 bits per heavy atom. The van der Waals surface area contributed by atoms with Crippen LogP contribution in [-0.4, -0.2) is 17.5 Å². The van der Waals surface area contributed by atoms with Crippen LogP contribution in [0.25, 0.3) is 0 Å². The van der Waals surface area contributed by atoms with Gasteiger partial charge in [-0.25, -0.2) is 8.78 Å². The van der Waals surface area contributed by atoms with Crippen molar-refractivity contribution >= 4 is 5.97 Å². The molecule has 2 nitrogen and oxygen atoms in total. The molecule has 0 spiro atoms. The molecule has 2 unspecified atom stereocenters. The number of hydrogen-bond acceptors (Lipinski definition) is 1. The van der Waals surface area contributed by atoms with Gasteiger partial charge < -0.3 is 5.11 Å². The zero-order chi connectivity index (χ0) is 12.1. The molecule has 0 heterocycles. The normalized spacial score (nSPS) is 14.8. The van der Waals surface area contributed by atoms with Gasteiger partial charge in [0.15, 0.2) is 0 Å². The topological polar surface area (TPSA) is 37.3 Å². The van der Waals surface area contributed by atoms with E-state index in [9.17, 15) is 13.6 Å². The molecular weight excluding hydrogens is 214 g/mol. The van der Waals surface area contributed by atoms with Crippen molar-refractivity contribution in [3.63, 3.8) is 0 Å². The van der Waals surface area contributed by atoms with Gasteiger partial charge in [-0.3, -0.25) is 4.79 Å². The van der Waals surface area contributed by atoms with E-state index in [2.05, 4.69) is 0 Å². The molecule has 1 aromatic rings. The summed E-state index contributed by atoms with van der Waals surface area (Å²) in [5.41, 5.74) is 0.572. The van der Waals surface area contributed by atoms with Gasteiger partial charge in [0.05, 0.1) is 5.92 Å². The van der Waals surface area contributed by atoms with Crippen LogP contribution in [-0.2, 0) is 4.79 Å². The standard InChI is InChI=1S/C12H14F2O2/c1-8(11(13)14)7-10(12(15)16)9-5-3-2-4-6-9/h2-6,8,10-11H,7H2,1H3,(H,15,16). The molecule has 1 aromatic carbocycles. The number of rotatable bonds is 5. The zero-order valence-electron chi connectivity index (χ0n) is 8.94. The SMILES string of the molecule is CC(CC(C(=O)O)c1ccccc1)C(F)F. The number of carbonyl (C=O) groups is 1. The van der Waals surface area contributed by atoms with E-state index >= 15 is 0 Å². The van der Waals surface area contributed by atoms with Gasteiger partial charge in [-0.05, 0) is 12.0 Å². The van der Waals surface area contributed by atoms with Crippen LogP contribution in [0, 0.1) is 5.92 Å². The van der Waals surface area contributed by atoms with Crippen LogP contribution in [0.15, 0.2) is 30.3 Å². The van der Waals surface area contributed by atoms with Crippen molar-refractivity contribution in [3.8, 4) is 0 Å². The minimum atomic E-state index is -2.48. The molecule has 0 aliphatic rings. The van der Waals surface area contributed by atoms with Crippen LogP contribution >= 0.6 is 0 Å². The van der Waals surface area contributed by atoms with Gasteiger partial charge in [-0.1, -0.05) is 37.3 Å². The van der Waals surface area contributed by atoms with E-state index in [1.165, 1.54) is 6.92 Å². The second-order valence-corrected chi connectivity index (χ2v) is 3.85. The fraction of sp³-hybridized carbons (Fsp3) is 0.417. The molecule has 88 valence electrons. The molecule has 16 heavy (non-hydrogen) atoms. The van der Waals surface area contributed by atoms with E-state index < -0.39 is 24.2 Å². The average molecular weight is 228 g/mol. The third-order valence-electron chi connectivity index (χ3n) is 2.54. The summed E-state index contributed by atoms with van der Waals surface area (Å²) < 4.78 is 24.7. The highest BCUT2D eigenvalue weighted by Gasteiger charge is 2.26. The first-order valence-electron chi connectivity index (χ1n) is 5.08. The number of carboxylic acid groups (broad SMARTS) is 1. The maximum atomic E-state index is 12.4. The Balaban J connectivity index is 2.81. The fourth-order valence-corrected chi connectivity index (χ4v) is 1.54. The third kappa shape index (κ3) is 3.29. The second-order valence-electron chi connectivity index (χ2n) is 3.85. The summed E-state index contributed by atoms with van der Waals surface area (Å²) in [6, 6.07) is 8.48. The monoisotopic (exact) mass is 228 g/mol. The molecule has 0 amide bonds. The molecule has 2 atom stereocenters. The Labute approximate surface area is 92.9 Å². The van der Waals surface area contributed by atoms with Gasteiger partial charge in [0.2, 0.25) is 6.43 Å². The van der Waals surface area contributed by atoms with Crippen molar-refractivity contribution in [2.75, 3.05) is 0 Å². The van der Waals surface area contributed by atoms with Gasteiger partial charge >= 0.3 is 5.97 Å². The van der Waals surface area contributed by atoms with Gasteiger partial charge in [-0.15, -0.1) is 0 Å². The lowest BCUT2D eigenvalue weighted by Crippen LogP contribution is -2.18. The number of carboxylic acids is 1. The minimum Gasteiger partial charge on any atom is -0.481 e. The summed E-state index contributed by atoms with van der Waals surface area (Å²) >= 11 is 0. The van der Waals surface area contributed by atoms with Crippen LogP contribution in [0.4, 0.5) is 8.78 Å². The van der Waals surface area contributed by atoms with E-state index in [0.29, 0.717) is 5.56 Å². The first-order chi connectivity index (χ1) is 7.52. The Morgan fingerprint density at radius 3 is 2.31 bits per heavy atom. The van der Waals surface area contributed by atoms with E-state index in [1.54, 1.807) is 30.3 Å². The van der Waals surface area contributed by atoms with Crippen LogP contribution in [0.2, 0.25) is 0 Å². The van der Waals surface area contributed by atoms with E-state index in [0.717, 1.165) is 0 Å². The molecular formula is C12H14F2O2. The molecule has 0 radical (unpaired) electrons. The lowest BCUT2D eigenvalue weighted by Gasteiger charge is -2.17. The second kappa shape index (κ2) is 5.58. The molecule has 0 fully saturated rings. The molecule has 1 rings (SSSR count). The van der Waals surface area contributed by atoms with Crippen molar-refractivity contribution in [1.82, 2.24) is 0 Å². The first kappa shape index (κ1) is 12.6. The Hall–Kier alpha value is -1.45. The number of hydrogen-bond donors (Lipinski definition) is 1. The summed E-state index contributed by atoms with van der Waals surface area (Å²) in [6.07, 6.45) is -2.53. The maximum Gasteiger partial charge on any atom is 0.310 e. The summed E-state index contributed by atoms with van der Waals surface area (Å²) in [7, 11) is 0.